The lowest BCUT2D eigenvalue weighted by Gasteiger charge is -2.28. The first-order chi connectivity index (χ1) is 9.94. The average molecular weight is 294 g/mol. The van der Waals surface area contributed by atoms with Crippen LogP contribution in [0.3, 0.4) is 0 Å². The van der Waals surface area contributed by atoms with Crippen LogP contribution in [0.25, 0.3) is 0 Å². The first-order valence-corrected chi connectivity index (χ1v) is 8.21. The Bertz CT molecular complexity index is 443. The van der Waals surface area contributed by atoms with E-state index < -0.39 is 11.4 Å². The fourth-order valence-electron chi connectivity index (χ4n) is 4.65. The number of hydrogen-bond acceptors (Lipinski definition) is 3. The van der Waals surface area contributed by atoms with E-state index in [4.69, 9.17) is 0 Å². The number of carbonyl (C=O) groups is 2. The highest BCUT2D eigenvalue weighted by atomic mass is 16.4. The van der Waals surface area contributed by atoms with E-state index in [0.717, 1.165) is 32.1 Å². The van der Waals surface area contributed by atoms with Gasteiger partial charge in [-0.25, -0.2) is 0 Å². The number of carboxylic acid groups (broad SMARTS) is 1. The van der Waals surface area contributed by atoms with Gasteiger partial charge in [-0.05, 0) is 45.4 Å². The Hall–Kier alpha value is -1.10. The number of carboxylic acids is 1. The van der Waals surface area contributed by atoms with Crippen LogP contribution in [0.1, 0.15) is 46.0 Å². The first-order valence-electron chi connectivity index (χ1n) is 8.21. The summed E-state index contributed by atoms with van der Waals surface area (Å²) in [4.78, 5) is 28.3. The number of nitrogens with zero attached hydrogens (tertiary/aromatic N) is 2. The molecule has 0 bridgehead atoms. The Balaban J connectivity index is 1.66. The van der Waals surface area contributed by atoms with Crippen LogP contribution in [-0.2, 0) is 9.59 Å². The van der Waals surface area contributed by atoms with Crippen molar-refractivity contribution in [3.63, 3.8) is 0 Å². The maximum atomic E-state index is 12.6. The van der Waals surface area contributed by atoms with Crippen LogP contribution in [0, 0.1) is 11.3 Å². The molecule has 0 aromatic rings. The van der Waals surface area contributed by atoms with Crippen LogP contribution in [-0.4, -0.2) is 58.5 Å². The highest BCUT2D eigenvalue weighted by Crippen LogP contribution is 2.48. The van der Waals surface area contributed by atoms with Crippen LogP contribution in [0.5, 0.6) is 0 Å². The molecule has 3 fully saturated rings. The molecular formula is C16H26N2O3. The average Bonchev–Trinajstić information content (AvgIpc) is 3.06. The zero-order valence-corrected chi connectivity index (χ0v) is 13.0. The van der Waals surface area contributed by atoms with Gasteiger partial charge in [0.2, 0.25) is 5.91 Å². The summed E-state index contributed by atoms with van der Waals surface area (Å²) in [5, 5.41) is 9.59. The Labute approximate surface area is 126 Å². The van der Waals surface area contributed by atoms with Crippen LogP contribution >= 0.6 is 0 Å². The highest BCUT2D eigenvalue weighted by molar-refractivity contribution is 5.82. The summed E-state index contributed by atoms with van der Waals surface area (Å²) in [5.74, 6) is -0.429. The largest absolute Gasteiger partial charge is 0.481 e. The third-order valence-electron chi connectivity index (χ3n) is 6.10. The van der Waals surface area contributed by atoms with Crippen molar-refractivity contribution in [1.29, 1.82) is 0 Å². The molecule has 2 heterocycles. The van der Waals surface area contributed by atoms with Crippen LogP contribution < -0.4 is 0 Å². The molecule has 0 aromatic heterocycles. The van der Waals surface area contributed by atoms with E-state index in [-0.39, 0.29) is 11.8 Å². The Kier molecular flexibility index (Phi) is 3.72. The predicted octanol–water partition coefficient (Wildman–Crippen LogP) is 1.57. The molecule has 0 aromatic carbocycles. The molecule has 0 spiro atoms. The second-order valence-corrected chi connectivity index (χ2v) is 7.27. The minimum atomic E-state index is -0.705. The third-order valence-corrected chi connectivity index (χ3v) is 6.10. The molecule has 118 valence electrons. The molecule has 1 saturated carbocycles. The quantitative estimate of drug-likeness (QED) is 0.858. The number of carbonyl (C=O) groups excluding carboxylic acids is 1. The van der Waals surface area contributed by atoms with E-state index in [9.17, 15) is 14.7 Å². The van der Waals surface area contributed by atoms with Crippen molar-refractivity contribution in [2.24, 2.45) is 11.3 Å². The van der Waals surface area contributed by atoms with Crippen molar-refractivity contribution in [1.82, 2.24) is 9.80 Å². The van der Waals surface area contributed by atoms with E-state index in [1.54, 1.807) is 0 Å². The van der Waals surface area contributed by atoms with Crippen LogP contribution in [0.15, 0.2) is 0 Å². The summed E-state index contributed by atoms with van der Waals surface area (Å²) < 4.78 is 0. The maximum Gasteiger partial charge on any atom is 0.311 e. The third kappa shape index (κ3) is 2.35. The lowest BCUT2D eigenvalue weighted by molar-refractivity contribution is -0.149. The van der Waals surface area contributed by atoms with Gasteiger partial charge in [-0.3, -0.25) is 14.5 Å². The molecule has 2 unspecified atom stereocenters. The summed E-state index contributed by atoms with van der Waals surface area (Å²) in [6.45, 7) is 5.86. The molecule has 21 heavy (non-hydrogen) atoms. The number of aliphatic carboxylic acids is 1. The molecule has 3 aliphatic rings. The van der Waals surface area contributed by atoms with Crippen molar-refractivity contribution < 1.29 is 14.7 Å². The Morgan fingerprint density at radius 3 is 2.43 bits per heavy atom. The molecular weight excluding hydrogens is 268 g/mol. The first kappa shape index (κ1) is 14.8. The zero-order chi connectivity index (χ0) is 15.2. The summed E-state index contributed by atoms with van der Waals surface area (Å²) in [7, 11) is 0. The predicted molar refractivity (Wildman–Crippen MR) is 78.9 cm³/mol. The highest BCUT2D eigenvalue weighted by Gasteiger charge is 2.55. The van der Waals surface area contributed by atoms with Gasteiger partial charge in [-0.2, -0.15) is 0 Å². The number of rotatable bonds is 3. The fourth-order valence-corrected chi connectivity index (χ4v) is 4.65. The van der Waals surface area contributed by atoms with E-state index >= 15 is 0 Å². The van der Waals surface area contributed by atoms with Crippen molar-refractivity contribution >= 4 is 11.9 Å². The Morgan fingerprint density at radius 1 is 1.19 bits per heavy atom. The van der Waals surface area contributed by atoms with E-state index in [1.807, 2.05) is 4.90 Å². The van der Waals surface area contributed by atoms with E-state index in [0.29, 0.717) is 31.7 Å². The molecule has 3 rings (SSSR count). The lowest BCUT2D eigenvalue weighted by atomic mass is 9.81. The van der Waals surface area contributed by atoms with Crippen LogP contribution in [0.4, 0.5) is 0 Å². The molecule has 2 saturated heterocycles. The second kappa shape index (κ2) is 5.27. The van der Waals surface area contributed by atoms with E-state index in [2.05, 4.69) is 18.7 Å². The molecule has 4 atom stereocenters. The lowest BCUT2D eigenvalue weighted by Crippen LogP contribution is -2.44. The van der Waals surface area contributed by atoms with Crippen molar-refractivity contribution in [2.75, 3.05) is 19.6 Å². The topological polar surface area (TPSA) is 60.9 Å². The van der Waals surface area contributed by atoms with Gasteiger partial charge in [0.1, 0.15) is 0 Å². The van der Waals surface area contributed by atoms with Crippen LogP contribution in [0.2, 0.25) is 0 Å². The number of fused-ring (bicyclic) bond motifs is 1. The standard InChI is InChI=1S/C16H26N2O3/c1-11-5-6-12(2)18(11)9-14(19)17-8-13-4-3-7-16(13,10-17)15(20)21/h11-13H,3-10H2,1-2H3,(H,20,21)/t11?,12?,13-,16+/m0/s1. The summed E-state index contributed by atoms with van der Waals surface area (Å²) in [6, 6.07) is 0.916. The van der Waals surface area contributed by atoms with Gasteiger partial charge in [0.05, 0.1) is 12.0 Å². The van der Waals surface area contributed by atoms with Gasteiger partial charge in [0.25, 0.3) is 0 Å². The molecule has 1 amide bonds. The summed E-state index contributed by atoms with van der Waals surface area (Å²) >= 11 is 0. The monoisotopic (exact) mass is 294 g/mol. The second-order valence-electron chi connectivity index (χ2n) is 7.27. The van der Waals surface area contributed by atoms with Gasteiger partial charge in [-0.1, -0.05) is 6.42 Å². The zero-order valence-electron chi connectivity index (χ0n) is 13.0. The minimum Gasteiger partial charge on any atom is -0.481 e. The van der Waals surface area contributed by atoms with Gasteiger partial charge in [0, 0.05) is 25.2 Å². The van der Waals surface area contributed by atoms with Gasteiger partial charge in [0.15, 0.2) is 0 Å². The van der Waals surface area contributed by atoms with Gasteiger partial charge >= 0.3 is 5.97 Å². The van der Waals surface area contributed by atoms with E-state index in [1.165, 1.54) is 0 Å². The summed E-state index contributed by atoms with van der Waals surface area (Å²) in [6.07, 6.45) is 4.96. The van der Waals surface area contributed by atoms with Crippen molar-refractivity contribution in [3.8, 4) is 0 Å². The van der Waals surface area contributed by atoms with Crippen molar-refractivity contribution in [2.45, 2.75) is 58.0 Å². The molecule has 5 nitrogen and oxygen atoms in total. The molecule has 5 heteroatoms. The van der Waals surface area contributed by atoms with Crippen molar-refractivity contribution in [3.05, 3.63) is 0 Å². The fraction of sp³-hybridized carbons (Fsp3) is 0.875. The Morgan fingerprint density at radius 2 is 1.86 bits per heavy atom. The molecule has 1 aliphatic carbocycles. The van der Waals surface area contributed by atoms with Gasteiger partial charge in [-0.15, -0.1) is 0 Å². The number of amides is 1. The number of hydrogen-bond donors (Lipinski definition) is 1. The molecule has 2 aliphatic heterocycles. The smallest absolute Gasteiger partial charge is 0.311 e. The normalized spacial score (nSPS) is 39.7. The SMILES string of the molecule is CC1CCC(C)N1CC(=O)N1C[C@@H]2CCC[C@@]2(C(=O)O)C1. The molecule has 0 radical (unpaired) electrons. The minimum absolute atomic E-state index is 0.116. The molecule has 1 N–H and O–H groups in total. The number of likely N-dealkylation sites (tertiary alicyclic amines) is 2. The van der Waals surface area contributed by atoms with Gasteiger partial charge < -0.3 is 10.0 Å². The summed E-state index contributed by atoms with van der Waals surface area (Å²) in [5.41, 5.74) is -0.655. The maximum absolute atomic E-state index is 12.6.